The van der Waals surface area contributed by atoms with Crippen molar-refractivity contribution in [2.24, 2.45) is 0 Å². The van der Waals surface area contributed by atoms with E-state index in [4.69, 9.17) is 5.10 Å². The minimum atomic E-state index is -0.315. The molecule has 4 aromatic rings. The van der Waals surface area contributed by atoms with E-state index in [0.29, 0.717) is 16.9 Å². The average molecular weight is 456 g/mol. The van der Waals surface area contributed by atoms with E-state index in [9.17, 15) is 9.18 Å². The van der Waals surface area contributed by atoms with Crippen molar-refractivity contribution in [3.8, 4) is 16.9 Å². The van der Waals surface area contributed by atoms with Crippen LogP contribution in [0.3, 0.4) is 0 Å². The maximum Gasteiger partial charge on any atom is 0.255 e. The van der Waals surface area contributed by atoms with E-state index in [1.165, 1.54) is 12.1 Å². The van der Waals surface area contributed by atoms with Crippen molar-refractivity contribution in [3.63, 3.8) is 0 Å². The zero-order chi connectivity index (χ0) is 23.5. The molecule has 1 saturated heterocycles. The minimum Gasteiger partial charge on any atom is -0.356 e. The predicted molar refractivity (Wildman–Crippen MR) is 131 cm³/mol. The number of hydrogen-bond acceptors (Lipinski definition) is 4. The van der Waals surface area contributed by atoms with E-state index in [0.717, 1.165) is 42.9 Å². The van der Waals surface area contributed by atoms with Crippen LogP contribution in [0.5, 0.6) is 0 Å². The standard InChI is InChI=1S/C27H26FN5O/c1-19-5-7-20(8-6-19)26-24(18-33(31-26)23-11-9-21(28)10-12-23)27(34)30-22-13-16-32(17-14-22)25-4-2-3-15-29-25/h2-12,15,18,22H,13-14,16-17H2,1H3,(H,30,34). The highest BCUT2D eigenvalue weighted by atomic mass is 19.1. The maximum absolute atomic E-state index is 13.4. The normalized spacial score (nSPS) is 14.2. The van der Waals surface area contributed by atoms with Gasteiger partial charge in [-0.3, -0.25) is 4.79 Å². The van der Waals surface area contributed by atoms with Crippen molar-refractivity contribution in [1.29, 1.82) is 0 Å². The van der Waals surface area contributed by atoms with E-state index < -0.39 is 0 Å². The van der Waals surface area contributed by atoms with Crippen LogP contribution in [-0.4, -0.2) is 39.8 Å². The molecule has 0 bridgehead atoms. The number of aryl methyl sites for hydroxylation is 1. The summed E-state index contributed by atoms with van der Waals surface area (Å²) >= 11 is 0. The predicted octanol–water partition coefficient (Wildman–Crippen LogP) is 4.78. The topological polar surface area (TPSA) is 63.1 Å². The number of hydrogen-bond donors (Lipinski definition) is 1. The molecule has 2 aromatic heterocycles. The van der Waals surface area contributed by atoms with Gasteiger partial charge in [-0.15, -0.1) is 0 Å². The van der Waals surface area contributed by atoms with Gasteiger partial charge in [0.1, 0.15) is 17.3 Å². The molecule has 0 aliphatic carbocycles. The Morgan fingerprint density at radius 3 is 2.41 bits per heavy atom. The number of piperidine rings is 1. The summed E-state index contributed by atoms with van der Waals surface area (Å²) in [4.78, 5) is 20.0. The van der Waals surface area contributed by atoms with E-state index >= 15 is 0 Å². The molecule has 7 heteroatoms. The highest BCUT2D eigenvalue weighted by Crippen LogP contribution is 2.25. The van der Waals surface area contributed by atoms with Crippen molar-refractivity contribution in [2.45, 2.75) is 25.8 Å². The first-order valence-electron chi connectivity index (χ1n) is 11.5. The lowest BCUT2D eigenvalue weighted by Gasteiger charge is -2.33. The Labute approximate surface area is 198 Å². The smallest absolute Gasteiger partial charge is 0.255 e. The summed E-state index contributed by atoms with van der Waals surface area (Å²) in [6.45, 7) is 3.69. The monoisotopic (exact) mass is 455 g/mol. The molecule has 6 nitrogen and oxygen atoms in total. The fourth-order valence-electron chi connectivity index (χ4n) is 4.25. The largest absolute Gasteiger partial charge is 0.356 e. The van der Waals surface area contributed by atoms with Gasteiger partial charge in [-0.25, -0.2) is 14.1 Å². The molecular formula is C27H26FN5O. The number of nitrogens with zero attached hydrogens (tertiary/aromatic N) is 4. The Kier molecular flexibility index (Phi) is 6.08. The molecule has 3 heterocycles. The second-order valence-corrected chi connectivity index (χ2v) is 8.60. The Hall–Kier alpha value is -4.00. The molecule has 1 aliphatic heterocycles. The van der Waals surface area contributed by atoms with Crippen molar-refractivity contribution in [2.75, 3.05) is 18.0 Å². The molecule has 0 unspecified atom stereocenters. The molecular weight excluding hydrogens is 429 g/mol. The third-order valence-corrected chi connectivity index (χ3v) is 6.18. The molecule has 5 rings (SSSR count). The molecule has 1 N–H and O–H groups in total. The molecule has 1 amide bonds. The van der Waals surface area contributed by atoms with Crippen LogP contribution in [0.1, 0.15) is 28.8 Å². The number of nitrogens with one attached hydrogen (secondary N) is 1. The summed E-state index contributed by atoms with van der Waals surface area (Å²) < 4.78 is 15.0. The van der Waals surface area contributed by atoms with Gasteiger partial charge < -0.3 is 10.2 Å². The van der Waals surface area contributed by atoms with Gasteiger partial charge in [-0.2, -0.15) is 5.10 Å². The molecule has 34 heavy (non-hydrogen) atoms. The molecule has 172 valence electrons. The Morgan fingerprint density at radius 2 is 1.74 bits per heavy atom. The first-order chi connectivity index (χ1) is 16.6. The van der Waals surface area contributed by atoms with Gasteiger partial charge in [0.2, 0.25) is 0 Å². The average Bonchev–Trinajstić information content (AvgIpc) is 3.32. The lowest BCUT2D eigenvalue weighted by molar-refractivity contribution is 0.0931. The molecule has 2 aromatic carbocycles. The lowest BCUT2D eigenvalue weighted by Crippen LogP contribution is -2.45. The van der Waals surface area contributed by atoms with Gasteiger partial charge in [0.05, 0.1) is 11.3 Å². The van der Waals surface area contributed by atoms with Crippen LogP contribution >= 0.6 is 0 Å². The summed E-state index contributed by atoms with van der Waals surface area (Å²) in [6, 6.07) is 20.0. The number of benzene rings is 2. The number of pyridine rings is 1. The molecule has 0 radical (unpaired) electrons. The molecule has 1 fully saturated rings. The minimum absolute atomic E-state index is 0.0764. The quantitative estimate of drug-likeness (QED) is 0.470. The van der Waals surface area contributed by atoms with Crippen LogP contribution in [0.25, 0.3) is 16.9 Å². The van der Waals surface area contributed by atoms with E-state index in [-0.39, 0.29) is 17.8 Å². The number of anilines is 1. The van der Waals surface area contributed by atoms with E-state index in [2.05, 4.69) is 15.2 Å². The second kappa shape index (κ2) is 9.47. The van der Waals surface area contributed by atoms with Crippen molar-refractivity contribution >= 4 is 11.7 Å². The summed E-state index contributed by atoms with van der Waals surface area (Å²) in [5, 5.41) is 7.90. The summed E-state index contributed by atoms with van der Waals surface area (Å²) in [5.41, 5.74) is 3.79. The second-order valence-electron chi connectivity index (χ2n) is 8.60. The highest BCUT2D eigenvalue weighted by Gasteiger charge is 2.25. The van der Waals surface area contributed by atoms with Gasteiger partial charge >= 0.3 is 0 Å². The van der Waals surface area contributed by atoms with Gasteiger partial charge in [0, 0.05) is 37.1 Å². The van der Waals surface area contributed by atoms with Crippen molar-refractivity contribution < 1.29 is 9.18 Å². The zero-order valence-electron chi connectivity index (χ0n) is 19.0. The Bertz CT molecular complexity index is 1260. The molecule has 1 aliphatic rings. The van der Waals surface area contributed by atoms with E-state index in [1.54, 1.807) is 29.2 Å². The third kappa shape index (κ3) is 4.69. The molecule has 0 atom stereocenters. The zero-order valence-corrected chi connectivity index (χ0v) is 19.0. The van der Waals surface area contributed by atoms with Gasteiger partial charge in [-0.05, 0) is 56.2 Å². The van der Waals surface area contributed by atoms with E-state index in [1.807, 2.05) is 49.4 Å². The molecule has 0 spiro atoms. The van der Waals surface area contributed by atoms with Crippen LogP contribution in [-0.2, 0) is 0 Å². The van der Waals surface area contributed by atoms with Crippen molar-refractivity contribution in [1.82, 2.24) is 20.1 Å². The summed E-state index contributed by atoms with van der Waals surface area (Å²) in [5.74, 6) is 0.499. The SMILES string of the molecule is Cc1ccc(-c2nn(-c3ccc(F)cc3)cc2C(=O)NC2CCN(c3ccccn3)CC2)cc1. The van der Waals surface area contributed by atoms with Crippen LogP contribution in [0.2, 0.25) is 0 Å². The van der Waals surface area contributed by atoms with Gasteiger partial charge in [0.25, 0.3) is 5.91 Å². The summed E-state index contributed by atoms with van der Waals surface area (Å²) in [6.07, 6.45) is 5.21. The number of rotatable bonds is 5. The lowest BCUT2D eigenvalue weighted by atomic mass is 10.0. The third-order valence-electron chi connectivity index (χ3n) is 6.18. The summed E-state index contributed by atoms with van der Waals surface area (Å²) in [7, 11) is 0. The van der Waals surface area contributed by atoms with Crippen molar-refractivity contribution in [3.05, 3.63) is 96.1 Å². The Morgan fingerprint density at radius 1 is 1.00 bits per heavy atom. The fraction of sp³-hybridized carbons (Fsp3) is 0.222. The number of halogens is 1. The number of amides is 1. The Balaban J connectivity index is 1.36. The molecule has 0 saturated carbocycles. The van der Waals surface area contributed by atoms with Gasteiger partial charge in [0.15, 0.2) is 0 Å². The van der Waals surface area contributed by atoms with Crippen LogP contribution in [0.15, 0.2) is 79.1 Å². The number of aromatic nitrogens is 3. The van der Waals surface area contributed by atoms with Gasteiger partial charge in [-0.1, -0.05) is 35.9 Å². The number of carbonyl (C=O) groups excluding carboxylic acids is 1. The van der Waals surface area contributed by atoms with Crippen LogP contribution in [0.4, 0.5) is 10.2 Å². The first-order valence-corrected chi connectivity index (χ1v) is 11.5. The number of carbonyl (C=O) groups is 1. The van der Waals surface area contributed by atoms with Crippen LogP contribution < -0.4 is 10.2 Å². The van der Waals surface area contributed by atoms with Crippen LogP contribution in [0, 0.1) is 12.7 Å². The maximum atomic E-state index is 13.4. The fourth-order valence-corrected chi connectivity index (χ4v) is 4.25. The highest BCUT2D eigenvalue weighted by molar-refractivity contribution is 6.00. The first kappa shape index (κ1) is 21.8.